The highest BCUT2D eigenvalue weighted by Crippen LogP contribution is 2.32. The van der Waals surface area contributed by atoms with Crippen molar-refractivity contribution < 1.29 is 19.4 Å². The number of fused-ring (bicyclic) bond motifs is 1. The van der Waals surface area contributed by atoms with Gasteiger partial charge in [0, 0.05) is 11.8 Å². The molecule has 1 aliphatic carbocycles. The number of rotatable bonds is 0. The van der Waals surface area contributed by atoms with Gasteiger partial charge in [0.25, 0.3) is 0 Å². The summed E-state index contributed by atoms with van der Waals surface area (Å²) in [6, 6.07) is 0. The lowest BCUT2D eigenvalue weighted by molar-refractivity contribution is -0.152. The molecule has 1 fully saturated rings. The van der Waals surface area contributed by atoms with Crippen LogP contribution in [0.2, 0.25) is 0 Å². The Hall–Kier alpha value is -1.16. The Labute approximate surface area is 107 Å². The largest absolute Gasteiger partial charge is 0.463 e. The first-order valence-corrected chi connectivity index (χ1v) is 6.67. The molecule has 2 rings (SSSR count). The Morgan fingerprint density at radius 1 is 1.28 bits per heavy atom. The number of esters is 1. The zero-order chi connectivity index (χ0) is 13.1. The molecule has 0 aromatic carbocycles. The maximum absolute atomic E-state index is 11.9. The van der Waals surface area contributed by atoms with Crippen LogP contribution in [0.25, 0.3) is 0 Å². The van der Waals surface area contributed by atoms with Gasteiger partial charge >= 0.3 is 5.97 Å². The van der Waals surface area contributed by atoms with Crippen molar-refractivity contribution in [1.29, 1.82) is 0 Å². The van der Waals surface area contributed by atoms with E-state index in [-0.39, 0.29) is 36.1 Å². The number of aliphatic hydroxyl groups is 1. The van der Waals surface area contributed by atoms with Crippen LogP contribution in [0.5, 0.6) is 0 Å². The van der Waals surface area contributed by atoms with Gasteiger partial charge < -0.3 is 9.84 Å². The SMILES string of the molecule is C[C@@H]1CCCC[C@H]2C(=O)C=C[C@H](O)[C@@H]2CC(=O)O1. The lowest BCUT2D eigenvalue weighted by Crippen LogP contribution is -2.37. The summed E-state index contributed by atoms with van der Waals surface area (Å²) < 4.78 is 5.27. The number of hydrogen-bond donors (Lipinski definition) is 1. The van der Waals surface area contributed by atoms with Crippen LogP contribution < -0.4 is 0 Å². The van der Waals surface area contributed by atoms with E-state index in [4.69, 9.17) is 4.74 Å². The molecule has 1 heterocycles. The van der Waals surface area contributed by atoms with Crippen molar-refractivity contribution in [3.63, 3.8) is 0 Å². The van der Waals surface area contributed by atoms with Crippen molar-refractivity contribution in [1.82, 2.24) is 0 Å². The summed E-state index contributed by atoms with van der Waals surface area (Å²) in [5.41, 5.74) is 0. The third-order valence-corrected chi connectivity index (χ3v) is 3.89. The van der Waals surface area contributed by atoms with E-state index < -0.39 is 6.10 Å². The maximum Gasteiger partial charge on any atom is 0.306 e. The van der Waals surface area contributed by atoms with Crippen LogP contribution in [0.1, 0.15) is 39.0 Å². The van der Waals surface area contributed by atoms with E-state index in [1.165, 1.54) is 12.2 Å². The number of ketones is 1. The van der Waals surface area contributed by atoms with E-state index in [1.807, 2.05) is 6.92 Å². The van der Waals surface area contributed by atoms with Crippen molar-refractivity contribution >= 4 is 11.8 Å². The molecule has 0 unspecified atom stereocenters. The molecular weight excluding hydrogens is 232 g/mol. The predicted molar refractivity (Wildman–Crippen MR) is 65.8 cm³/mol. The summed E-state index contributed by atoms with van der Waals surface area (Å²) >= 11 is 0. The second kappa shape index (κ2) is 5.65. The molecule has 0 saturated carbocycles. The summed E-state index contributed by atoms with van der Waals surface area (Å²) in [7, 11) is 0. The first-order valence-electron chi connectivity index (χ1n) is 6.67. The molecule has 1 aliphatic heterocycles. The zero-order valence-electron chi connectivity index (χ0n) is 10.7. The second-order valence-electron chi connectivity index (χ2n) is 5.31. The topological polar surface area (TPSA) is 63.6 Å². The van der Waals surface area contributed by atoms with Crippen LogP contribution in [0.3, 0.4) is 0 Å². The fourth-order valence-corrected chi connectivity index (χ4v) is 2.85. The molecule has 18 heavy (non-hydrogen) atoms. The quantitative estimate of drug-likeness (QED) is 0.665. The molecule has 1 saturated heterocycles. The molecule has 1 N–H and O–H groups in total. The molecule has 0 aromatic heterocycles. The van der Waals surface area contributed by atoms with E-state index in [1.54, 1.807) is 0 Å². The van der Waals surface area contributed by atoms with Gasteiger partial charge in [0.05, 0.1) is 18.6 Å². The van der Waals surface area contributed by atoms with E-state index in [9.17, 15) is 14.7 Å². The van der Waals surface area contributed by atoms with Crippen LogP contribution in [0, 0.1) is 11.8 Å². The summed E-state index contributed by atoms with van der Waals surface area (Å²) in [6.07, 6.45) is 5.78. The summed E-state index contributed by atoms with van der Waals surface area (Å²) in [6.45, 7) is 1.89. The Balaban J connectivity index is 2.15. The number of ether oxygens (including phenoxy) is 1. The van der Waals surface area contributed by atoms with E-state index in [0.717, 1.165) is 25.7 Å². The van der Waals surface area contributed by atoms with E-state index in [2.05, 4.69) is 0 Å². The molecule has 100 valence electrons. The van der Waals surface area contributed by atoms with Crippen molar-refractivity contribution in [2.75, 3.05) is 0 Å². The van der Waals surface area contributed by atoms with Crippen LogP contribution in [-0.4, -0.2) is 29.1 Å². The lowest BCUT2D eigenvalue weighted by atomic mass is 9.75. The third-order valence-electron chi connectivity index (χ3n) is 3.89. The van der Waals surface area contributed by atoms with Crippen LogP contribution >= 0.6 is 0 Å². The van der Waals surface area contributed by atoms with Gasteiger partial charge in [-0.15, -0.1) is 0 Å². The van der Waals surface area contributed by atoms with Crippen molar-refractivity contribution in [3.8, 4) is 0 Å². The van der Waals surface area contributed by atoms with Gasteiger partial charge in [-0.1, -0.05) is 12.5 Å². The first-order chi connectivity index (χ1) is 8.58. The zero-order valence-corrected chi connectivity index (χ0v) is 10.7. The Morgan fingerprint density at radius 3 is 2.78 bits per heavy atom. The summed E-state index contributed by atoms with van der Waals surface area (Å²) in [5, 5.41) is 9.94. The predicted octanol–water partition coefficient (Wildman–Crippen LogP) is 1.61. The van der Waals surface area contributed by atoms with E-state index >= 15 is 0 Å². The van der Waals surface area contributed by atoms with Gasteiger partial charge in [-0.25, -0.2) is 0 Å². The molecule has 0 spiro atoms. The molecular formula is C14H20O4. The average Bonchev–Trinajstić information content (AvgIpc) is 2.31. The number of allylic oxidation sites excluding steroid dienone is 1. The number of hydrogen-bond acceptors (Lipinski definition) is 4. The minimum absolute atomic E-state index is 0.0340. The first kappa shape index (κ1) is 13.3. The van der Waals surface area contributed by atoms with Crippen molar-refractivity contribution in [3.05, 3.63) is 12.2 Å². The van der Waals surface area contributed by atoms with Gasteiger partial charge in [0.15, 0.2) is 5.78 Å². The highest BCUT2D eigenvalue weighted by Gasteiger charge is 2.36. The molecule has 4 heteroatoms. The monoisotopic (exact) mass is 252 g/mol. The van der Waals surface area contributed by atoms with Gasteiger partial charge in [-0.3, -0.25) is 9.59 Å². The fraction of sp³-hybridized carbons (Fsp3) is 0.714. The van der Waals surface area contributed by atoms with Gasteiger partial charge in [0.1, 0.15) is 0 Å². The molecule has 0 bridgehead atoms. The normalized spacial score (nSPS) is 37.9. The molecule has 4 atom stereocenters. The standard InChI is InChI=1S/C14H20O4/c1-9-4-2-3-5-10-11(8-14(17)18-9)13(16)7-6-12(10)15/h6-7,9-11,13,16H,2-5,8H2,1H3/t9-,10-,11-,13+/m1/s1. The summed E-state index contributed by atoms with van der Waals surface area (Å²) in [5.74, 6) is -0.820. The maximum atomic E-state index is 11.9. The van der Waals surface area contributed by atoms with E-state index in [0.29, 0.717) is 0 Å². The van der Waals surface area contributed by atoms with Crippen molar-refractivity contribution in [2.24, 2.45) is 11.8 Å². The Bertz CT molecular complexity index is 361. The fourth-order valence-electron chi connectivity index (χ4n) is 2.85. The van der Waals surface area contributed by atoms with Crippen molar-refractivity contribution in [2.45, 2.75) is 51.2 Å². The lowest BCUT2D eigenvalue weighted by Gasteiger charge is -2.31. The number of carbonyl (C=O) groups excluding carboxylic acids is 2. The average molecular weight is 252 g/mol. The highest BCUT2D eigenvalue weighted by molar-refractivity contribution is 5.93. The van der Waals surface area contributed by atoms with Crippen LogP contribution in [-0.2, 0) is 14.3 Å². The van der Waals surface area contributed by atoms with Gasteiger partial charge in [0.2, 0.25) is 0 Å². The Kier molecular flexibility index (Phi) is 4.17. The van der Waals surface area contributed by atoms with Crippen LogP contribution in [0.15, 0.2) is 12.2 Å². The van der Waals surface area contributed by atoms with Gasteiger partial charge in [-0.2, -0.15) is 0 Å². The molecule has 0 radical (unpaired) electrons. The number of cyclic esters (lactones) is 1. The minimum Gasteiger partial charge on any atom is -0.463 e. The molecule has 4 nitrogen and oxygen atoms in total. The number of carbonyl (C=O) groups is 2. The molecule has 0 amide bonds. The Morgan fingerprint density at radius 2 is 2.00 bits per heavy atom. The summed E-state index contributed by atoms with van der Waals surface area (Å²) in [4.78, 5) is 23.6. The second-order valence-corrected chi connectivity index (χ2v) is 5.31. The highest BCUT2D eigenvalue weighted by atomic mass is 16.5. The number of aliphatic hydroxyl groups excluding tert-OH is 1. The minimum atomic E-state index is -0.713. The third kappa shape index (κ3) is 2.99. The smallest absolute Gasteiger partial charge is 0.306 e. The van der Waals surface area contributed by atoms with Gasteiger partial charge in [-0.05, 0) is 32.3 Å². The molecule has 0 aromatic rings. The van der Waals surface area contributed by atoms with Crippen LogP contribution in [0.4, 0.5) is 0 Å². The molecule has 2 aliphatic rings.